The van der Waals surface area contributed by atoms with Crippen LogP contribution in [0.15, 0.2) is 78.9 Å². The van der Waals surface area contributed by atoms with Crippen molar-refractivity contribution in [2.45, 2.75) is 19.5 Å². The zero-order valence-electron chi connectivity index (χ0n) is 15.7. The Morgan fingerprint density at radius 3 is 2.36 bits per heavy atom. The number of benzene rings is 3. The molecule has 144 valence electrons. The molecule has 28 heavy (non-hydrogen) atoms. The van der Waals surface area contributed by atoms with Crippen molar-refractivity contribution in [3.8, 4) is 5.75 Å². The fourth-order valence-electron chi connectivity index (χ4n) is 2.89. The van der Waals surface area contributed by atoms with Crippen LogP contribution in [0.3, 0.4) is 0 Å². The second kappa shape index (κ2) is 9.93. The summed E-state index contributed by atoms with van der Waals surface area (Å²) in [6, 6.07) is 24.2. The van der Waals surface area contributed by atoms with Crippen LogP contribution in [0.2, 0.25) is 5.02 Å². The van der Waals surface area contributed by atoms with E-state index in [1.54, 1.807) is 0 Å². The van der Waals surface area contributed by atoms with Crippen LogP contribution in [0.4, 0.5) is 5.69 Å². The third kappa shape index (κ3) is 5.35. The van der Waals surface area contributed by atoms with Crippen molar-refractivity contribution in [2.75, 3.05) is 11.9 Å². The summed E-state index contributed by atoms with van der Waals surface area (Å²) in [5, 5.41) is 7.03. The van der Waals surface area contributed by atoms with Gasteiger partial charge in [0.1, 0.15) is 11.8 Å². The van der Waals surface area contributed by atoms with Gasteiger partial charge in [0.15, 0.2) is 0 Å². The van der Waals surface area contributed by atoms with E-state index in [-0.39, 0.29) is 5.91 Å². The van der Waals surface area contributed by atoms with E-state index in [2.05, 4.69) is 10.6 Å². The summed E-state index contributed by atoms with van der Waals surface area (Å²) in [6.07, 6.45) is 0. The Morgan fingerprint density at radius 2 is 1.64 bits per heavy atom. The van der Waals surface area contributed by atoms with Gasteiger partial charge in [0.2, 0.25) is 5.91 Å². The van der Waals surface area contributed by atoms with Crippen LogP contribution in [0.25, 0.3) is 0 Å². The number of hydrogen-bond acceptors (Lipinski definition) is 3. The van der Waals surface area contributed by atoms with Crippen molar-refractivity contribution in [3.05, 3.63) is 95.0 Å². The summed E-state index contributed by atoms with van der Waals surface area (Å²) >= 11 is 5.96. The molecular formula is C23H23ClN2O2. The van der Waals surface area contributed by atoms with Crippen LogP contribution in [0.5, 0.6) is 5.75 Å². The molecule has 3 aromatic carbocycles. The highest BCUT2D eigenvalue weighted by molar-refractivity contribution is 6.30. The average molecular weight is 395 g/mol. The van der Waals surface area contributed by atoms with Gasteiger partial charge in [0.25, 0.3) is 0 Å². The molecule has 2 N–H and O–H groups in total. The largest absolute Gasteiger partial charge is 0.492 e. The van der Waals surface area contributed by atoms with E-state index in [0.29, 0.717) is 29.6 Å². The summed E-state index contributed by atoms with van der Waals surface area (Å²) in [5.74, 6) is 0.509. The van der Waals surface area contributed by atoms with Crippen molar-refractivity contribution in [3.63, 3.8) is 0 Å². The molecule has 0 radical (unpaired) electrons. The number of nitrogens with one attached hydrogen (secondary N) is 2. The van der Waals surface area contributed by atoms with Crippen LogP contribution in [-0.4, -0.2) is 12.5 Å². The molecule has 0 aliphatic rings. The lowest BCUT2D eigenvalue weighted by Crippen LogP contribution is -2.32. The Kier molecular flexibility index (Phi) is 7.06. The molecule has 3 rings (SSSR count). The van der Waals surface area contributed by atoms with Gasteiger partial charge in [-0.15, -0.1) is 0 Å². The number of amides is 1. The van der Waals surface area contributed by atoms with Gasteiger partial charge in [-0.25, -0.2) is 0 Å². The summed E-state index contributed by atoms with van der Waals surface area (Å²) in [4.78, 5) is 13.1. The summed E-state index contributed by atoms with van der Waals surface area (Å²) < 4.78 is 5.62. The SMILES string of the molecule is CCOc1ccccc1NC(=O)C(NCc1ccc(Cl)cc1)c1ccccc1. The zero-order valence-corrected chi connectivity index (χ0v) is 16.4. The predicted molar refractivity (Wildman–Crippen MR) is 114 cm³/mol. The Hall–Kier alpha value is -2.82. The topological polar surface area (TPSA) is 50.4 Å². The molecule has 0 saturated heterocycles. The Labute approximate surface area is 170 Å². The van der Waals surface area contributed by atoms with Crippen LogP contribution < -0.4 is 15.4 Å². The van der Waals surface area contributed by atoms with Crippen molar-refractivity contribution in [1.29, 1.82) is 0 Å². The van der Waals surface area contributed by atoms with Gasteiger partial charge in [-0.2, -0.15) is 0 Å². The van der Waals surface area contributed by atoms with E-state index in [1.807, 2.05) is 85.8 Å². The number of carbonyl (C=O) groups is 1. The highest BCUT2D eigenvalue weighted by atomic mass is 35.5. The smallest absolute Gasteiger partial charge is 0.246 e. The van der Waals surface area contributed by atoms with E-state index >= 15 is 0 Å². The molecular weight excluding hydrogens is 372 g/mol. The maximum Gasteiger partial charge on any atom is 0.246 e. The lowest BCUT2D eigenvalue weighted by molar-refractivity contribution is -0.118. The minimum atomic E-state index is -0.508. The molecule has 0 aliphatic carbocycles. The first-order valence-corrected chi connectivity index (χ1v) is 9.60. The van der Waals surface area contributed by atoms with Crippen LogP contribution in [-0.2, 0) is 11.3 Å². The first-order valence-electron chi connectivity index (χ1n) is 9.23. The third-order valence-electron chi connectivity index (χ3n) is 4.26. The van der Waals surface area contributed by atoms with Gasteiger partial charge >= 0.3 is 0 Å². The number of rotatable bonds is 8. The van der Waals surface area contributed by atoms with E-state index in [1.165, 1.54) is 0 Å². The molecule has 5 heteroatoms. The second-order valence-electron chi connectivity index (χ2n) is 6.27. The fraction of sp³-hybridized carbons (Fsp3) is 0.174. The molecule has 0 heterocycles. The minimum absolute atomic E-state index is 0.146. The molecule has 0 aromatic heterocycles. The van der Waals surface area contributed by atoms with Gasteiger partial charge in [-0.05, 0) is 42.3 Å². The Balaban J connectivity index is 1.78. The van der Waals surface area contributed by atoms with Crippen LogP contribution in [0, 0.1) is 0 Å². The van der Waals surface area contributed by atoms with Crippen molar-refractivity contribution < 1.29 is 9.53 Å². The molecule has 1 atom stereocenters. The molecule has 0 aliphatic heterocycles. The molecule has 0 fully saturated rings. The highest BCUT2D eigenvalue weighted by Crippen LogP contribution is 2.25. The summed E-state index contributed by atoms with van der Waals surface area (Å²) in [6.45, 7) is 2.99. The third-order valence-corrected chi connectivity index (χ3v) is 4.52. The lowest BCUT2D eigenvalue weighted by Gasteiger charge is -2.20. The predicted octanol–water partition coefficient (Wildman–Crippen LogP) is 5.21. The number of ether oxygens (including phenoxy) is 1. The summed E-state index contributed by atoms with van der Waals surface area (Å²) in [5.41, 5.74) is 2.60. The number of hydrogen-bond donors (Lipinski definition) is 2. The zero-order chi connectivity index (χ0) is 19.8. The molecule has 3 aromatic rings. The van der Waals surface area contributed by atoms with Crippen LogP contribution >= 0.6 is 11.6 Å². The first kappa shape index (κ1) is 19.9. The van der Waals surface area contributed by atoms with E-state index in [4.69, 9.17) is 16.3 Å². The maximum absolute atomic E-state index is 13.1. The van der Waals surface area contributed by atoms with Crippen molar-refractivity contribution in [2.24, 2.45) is 0 Å². The normalized spacial score (nSPS) is 11.6. The highest BCUT2D eigenvalue weighted by Gasteiger charge is 2.21. The number of para-hydroxylation sites is 2. The summed E-state index contributed by atoms with van der Waals surface area (Å²) in [7, 11) is 0. The number of halogens is 1. The van der Waals surface area contributed by atoms with E-state index in [9.17, 15) is 4.79 Å². The second-order valence-corrected chi connectivity index (χ2v) is 6.71. The van der Waals surface area contributed by atoms with Gasteiger partial charge in [0, 0.05) is 11.6 Å². The van der Waals surface area contributed by atoms with E-state index < -0.39 is 6.04 Å². The fourth-order valence-corrected chi connectivity index (χ4v) is 3.01. The molecule has 0 bridgehead atoms. The monoisotopic (exact) mass is 394 g/mol. The molecule has 1 amide bonds. The van der Waals surface area contributed by atoms with Gasteiger partial charge < -0.3 is 10.1 Å². The number of anilines is 1. The minimum Gasteiger partial charge on any atom is -0.492 e. The molecule has 0 saturated carbocycles. The average Bonchev–Trinajstić information content (AvgIpc) is 2.72. The quantitative estimate of drug-likeness (QED) is 0.551. The lowest BCUT2D eigenvalue weighted by atomic mass is 10.1. The standard InChI is InChI=1S/C23H23ClN2O2/c1-2-28-21-11-7-6-10-20(21)26-23(27)22(18-8-4-3-5-9-18)25-16-17-12-14-19(24)15-13-17/h3-15,22,25H,2,16H2,1H3,(H,26,27). The first-order chi connectivity index (χ1) is 13.7. The van der Waals surface area contributed by atoms with Gasteiger partial charge in [-0.1, -0.05) is 66.2 Å². The van der Waals surface area contributed by atoms with E-state index in [0.717, 1.165) is 11.1 Å². The van der Waals surface area contributed by atoms with Gasteiger partial charge in [0.05, 0.1) is 12.3 Å². The molecule has 4 nitrogen and oxygen atoms in total. The maximum atomic E-state index is 13.1. The molecule has 0 spiro atoms. The number of carbonyl (C=O) groups excluding carboxylic acids is 1. The van der Waals surface area contributed by atoms with Crippen molar-refractivity contribution >= 4 is 23.2 Å². The Bertz CT molecular complexity index is 898. The van der Waals surface area contributed by atoms with Gasteiger partial charge in [-0.3, -0.25) is 10.1 Å². The molecule has 1 unspecified atom stereocenters. The van der Waals surface area contributed by atoms with Crippen molar-refractivity contribution in [1.82, 2.24) is 5.32 Å². The Morgan fingerprint density at radius 1 is 0.964 bits per heavy atom. The van der Waals surface area contributed by atoms with Crippen LogP contribution in [0.1, 0.15) is 24.1 Å².